The number of nitrogens with one attached hydrogen (secondary N) is 2. The minimum atomic E-state index is -4.77. The SMILES string of the molecule is CNc1nc(NC2CCN(Cc3ccc4c(cc(C#N)n4C[C@H](C)N4CCN(S(=O)(=O)CC5CC5)CC4)c3C)CC2)c2cc(C(O)C(F)(F)F)sc2n1. The topological polar surface area (TPSA) is 143 Å². The third-order valence-corrected chi connectivity index (χ3v) is 14.1. The number of thiophene rings is 1. The highest BCUT2D eigenvalue weighted by Crippen LogP contribution is 2.40. The average Bonchev–Trinajstić information content (AvgIpc) is 3.71. The Morgan fingerprint density at radius 1 is 1.06 bits per heavy atom. The van der Waals surface area contributed by atoms with E-state index >= 15 is 0 Å². The summed E-state index contributed by atoms with van der Waals surface area (Å²) in [5.74, 6) is 1.34. The van der Waals surface area contributed by atoms with Gasteiger partial charge in [-0.3, -0.25) is 9.80 Å². The molecule has 286 valence electrons. The van der Waals surface area contributed by atoms with E-state index in [9.17, 15) is 32.0 Å². The van der Waals surface area contributed by atoms with Gasteiger partial charge in [-0.1, -0.05) is 6.07 Å². The van der Waals surface area contributed by atoms with Crippen LogP contribution in [0.15, 0.2) is 24.3 Å². The zero-order valence-electron chi connectivity index (χ0n) is 30.2. The number of nitrogens with zero attached hydrogens (tertiary/aromatic N) is 7. The number of benzene rings is 1. The molecule has 1 unspecified atom stereocenters. The van der Waals surface area contributed by atoms with Crippen molar-refractivity contribution in [2.75, 3.05) is 62.7 Å². The van der Waals surface area contributed by atoms with Gasteiger partial charge in [0.2, 0.25) is 16.0 Å². The second-order valence-corrected chi connectivity index (χ2v) is 17.8. The van der Waals surface area contributed by atoms with Gasteiger partial charge in [0.1, 0.15) is 22.4 Å². The molecule has 0 bridgehead atoms. The van der Waals surface area contributed by atoms with Crippen molar-refractivity contribution < 1.29 is 26.7 Å². The van der Waals surface area contributed by atoms with Crippen LogP contribution >= 0.6 is 11.3 Å². The number of piperazine rings is 1. The lowest BCUT2D eigenvalue weighted by Crippen LogP contribution is -2.52. The molecular formula is C36H46F3N9O3S2. The average molecular weight is 774 g/mol. The van der Waals surface area contributed by atoms with Gasteiger partial charge in [-0.05, 0) is 74.8 Å². The van der Waals surface area contributed by atoms with Gasteiger partial charge in [0.15, 0.2) is 6.10 Å². The number of likely N-dealkylation sites (tertiary alicyclic amines) is 1. The van der Waals surface area contributed by atoms with Gasteiger partial charge in [-0.2, -0.15) is 27.7 Å². The largest absolute Gasteiger partial charge is 0.419 e. The fourth-order valence-corrected chi connectivity index (χ4v) is 10.5. The Bertz CT molecular complexity index is 2110. The molecule has 3 fully saturated rings. The predicted octanol–water partition coefficient (Wildman–Crippen LogP) is 5.29. The number of fused-ring (bicyclic) bond motifs is 2. The van der Waals surface area contributed by atoms with E-state index in [2.05, 4.69) is 67.0 Å². The van der Waals surface area contributed by atoms with Crippen LogP contribution in [0.3, 0.4) is 0 Å². The molecule has 12 nitrogen and oxygen atoms in total. The predicted molar refractivity (Wildman–Crippen MR) is 200 cm³/mol. The molecule has 2 atom stereocenters. The van der Waals surface area contributed by atoms with E-state index in [-0.39, 0.29) is 28.7 Å². The number of aliphatic hydroxyl groups excluding tert-OH is 1. The van der Waals surface area contributed by atoms with Gasteiger partial charge >= 0.3 is 6.18 Å². The summed E-state index contributed by atoms with van der Waals surface area (Å²) < 4.78 is 69.0. The molecule has 3 N–H and O–H groups in total. The summed E-state index contributed by atoms with van der Waals surface area (Å²) in [6.45, 7) is 9.58. The van der Waals surface area contributed by atoms with E-state index in [1.54, 1.807) is 11.4 Å². The minimum absolute atomic E-state index is 0.0536. The molecule has 2 saturated heterocycles. The Balaban J connectivity index is 0.980. The molecule has 17 heteroatoms. The fraction of sp³-hybridized carbons (Fsp3) is 0.583. The summed E-state index contributed by atoms with van der Waals surface area (Å²) in [6.07, 6.45) is -3.72. The van der Waals surface area contributed by atoms with Crippen LogP contribution in [0.5, 0.6) is 0 Å². The molecule has 1 saturated carbocycles. The number of nitriles is 1. The third kappa shape index (κ3) is 8.13. The number of halogens is 3. The second kappa shape index (κ2) is 15.0. The number of anilines is 2. The van der Waals surface area contributed by atoms with Crippen LogP contribution in [0, 0.1) is 24.2 Å². The van der Waals surface area contributed by atoms with E-state index in [1.807, 2.05) is 6.07 Å². The zero-order valence-corrected chi connectivity index (χ0v) is 31.8. The lowest BCUT2D eigenvalue weighted by Gasteiger charge is -2.37. The van der Waals surface area contributed by atoms with Gasteiger partial charge in [0, 0.05) is 87.3 Å². The standard InChI is InChI=1S/C36H46F3N9O3S2/c1-22(46-12-14-47(15-13-46)53(50,51)21-24-4-5-24)19-48-27(18-40)16-28-23(2)25(6-7-30(28)48)20-45-10-8-26(9-11-45)42-33-29-17-31(32(49)36(37,38)39)52-34(29)44-35(41-3)43-33/h6-7,16-17,22,24,26,32,49H,4-5,8-15,19-21H2,1-3H3,(H2,41,42,43,44)/t22-,32?/m0/s1. The van der Waals surface area contributed by atoms with Crippen LogP contribution < -0.4 is 10.6 Å². The molecule has 0 spiro atoms. The van der Waals surface area contributed by atoms with Gasteiger partial charge in [-0.25, -0.2) is 13.4 Å². The number of aryl methyl sites for hydroxylation is 1. The van der Waals surface area contributed by atoms with Crippen LogP contribution in [0.1, 0.15) is 60.4 Å². The number of hydrogen-bond donors (Lipinski definition) is 3. The Kier molecular flexibility index (Phi) is 10.7. The molecule has 0 radical (unpaired) electrons. The lowest BCUT2D eigenvalue weighted by atomic mass is 10.0. The van der Waals surface area contributed by atoms with Crippen molar-refractivity contribution in [3.8, 4) is 6.07 Å². The molecule has 7 rings (SSSR count). The first-order valence-electron chi connectivity index (χ1n) is 18.2. The Morgan fingerprint density at radius 2 is 1.77 bits per heavy atom. The summed E-state index contributed by atoms with van der Waals surface area (Å²) >= 11 is 0.807. The highest BCUT2D eigenvalue weighted by molar-refractivity contribution is 7.89. The maximum atomic E-state index is 13.2. The number of rotatable bonds is 12. The second-order valence-electron chi connectivity index (χ2n) is 14.7. The minimum Gasteiger partial charge on any atom is -0.379 e. The Morgan fingerprint density at radius 3 is 2.42 bits per heavy atom. The number of piperidine rings is 1. The first-order chi connectivity index (χ1) is 25.2. The first-order valence-corrected chi connectivity index (χ1v) is 20.6. The van der Waals surface area contributed by atoms with E-state index in [1.165, 1.54) is 11.6 Å². The molecule has 1 aromatic carbocycles. The lowest BCUT2D eigenvalue weighted by molar-refractivity contribution is -0.205. The normalized spacial score (nSPS) is 19.8. The maximum Gasteiger partial charge on any atom is 0.419 e. The van der Waals surface area contributed by atoms with Gasteiger partial charge < -0.3 is 20.3 Å². The van der Waals surface area contributed by atoms with Crippen molar-refractivity contribution in [1.29, 1.82) is 5.26 Å². The van der Waals surface area contributed by atoms with Gasteiger partial charge in [0.25, 0.3) is 0 Å². The summed E-state index contributed by atoms with van der Waals surface area (Å²) in [6, 6.07) is 10.1. The third-order valence-electron chi connectivity index (χ3n) is 11.0. The number of sulfonamides is 1. The quantitative estimate of drug-likeness (QED) is 0.174. The molecular weight excluding hydrogens is 728 g/mol. The summed E-state index contributed by atoms with van der Waals surface area (Å²) in [4.78, 5) is 13.7. The highest BCUT2D eigenvalue weighted by Gasteiger charge is 2.41. The van der Waals surface area contributed by atoms with E-state index in [4.69, 9.17) is 0 Å². The van der Waals surface area contributed by atoms with E-state index in [0.29, 0.717) is 60.4 Å². The number of aromatic nitrogens is 3. The molecule has 4 aromatic rings. The van der Waals surface area contributed by atoms with E-state index < -0.39 is 22.3 Å². The van der Waals surface area contributed by atoms with Crippen LogP contribution in [-0.2, 0) is 23.1 Å². The van der Waals surface area contributed by atoms with Crippen molar-refractivity contribution in [3.63, 3.8) is 0 Å². The summed E-state index contributed by atoms with van der Waals surface area (Å²) in [5, 5.41) is 27.8. The Labute approximate surface area is 311 Å². The maximum absolute atomic E-state index is 13.2. The van der Waals surface area contributed by atoms with Crippen molar-refractivity contribution in [2.45, 2.75) is 77.0 Å². The van der Waals surface area contributed by atoms with E-state index in [0.717, 1.165) is 73.1 Å². The molecule has 3 aliphatic rings. The van der Waals surface area contributed by atoms with Gasteiger partial charge in [-0.15, -0.1) is 11.3 Å². The van der Waals surface area contributed by atoms with Crippen molar-refractivity contribution in [1.82, 2.24) is 28.6 Å². The molecule has 0 amide bonds. The number of aliphatic hydroxyl groups is 1. The molecule has 53 heavy (non-hydrogen) atoms. The van der Waals surface area contributed by atoms with Crippen LogP contribution in [0.2, 0.25) is 0 Å². The van der Waals surface area contributed by atoms with Crippen molar-refractivity contribution >= 4 is 54.2 Å². The molecule has 3 aromatic heterocycles. The zero-order chi connectivity index (χ0) is 37.7. The van der Waals surface area contributed by atoms with Crippen LogP contribution in [-0.4, -0.2) is 112 Å². The summed E-state index contributed by atoms with van der Waals surface area (Å²) in [7, 11) is -1.55. The Hall–Kier alpha value is -3.53. The highest BCUT2D eigenvalue weighted by atomic mass is 32.2. The van der Waals surface area contributed by atoms with Gasteiger partial charge in [0.05, 0.1) is 11.1 Å². The monoisotopic (exact) mass is 773 g/mol. The van der Waals surface area contributed by atoms with Crippen LogP contribution in [0.4, 0.5) is 24.9 Å². The number of hydrogen-bond acceptors (Lipinski definition) is 11. The molecule has 1 aliphatic carbocycles. The molecule has 2 aliphatic heterocycles. The summed E-state index contributed by atoms with van der Waals surface area (Å²) in [5.41, 5.74) is 3.94. The van der Waals surface area contributed by atoms with Crippen molar-refractivity contribution in [3.05, 3.63) is 46.0 Å². The fourth-order valence-electron chi connectivity index (χ4n) is 7.60. The smallest absolute Gasteiger partial charge is 0.379 e. The molecule has 5 heterocycles. The van der Waals surface area contributed by atoms with Crippen molar-refractivity contribution in [2.24, 2.45) is 5.92 Å². The van der Waals surface area contributed by atoms with Crippen LogP contribution in [0.25, 0.3) is 21.1 Å². The first kappa shape index (κ1) is 37.8. The number of alkyl halides is 3.